The predicted octanol–water partition coefficient (Wildman–Crippen LogP) is 1.29. The van der Waals surface area contributed by atoms with Crippen LogP contribution in [0.4, 0.5) is 0 Å². The molecule has 0 radical (unpaired) electrons. The molecule has 1 heterocycles. The molecule has 1 aliphatic rings. The Balaban J connectivity index is 2.70. The number of hydroxylamine groups is 2. The van der Waals surface area contributed by atoms with Gasteiger partial charge < -0.3 is 0 Å². The Labute approximate surface area is 94.2 Å². The number of hydrogen-bond donors (Lipinski definition) is 0. The van der Waals surface area contributed by atoms with E-state index in [4.69, 9.17) is 4.84 Å². The number of amides is 1. The first-order chi connectivity index (χ1) is 6.87. The van der Waals surface area contributed by atoms with Gasteiger partial charge in [0.1, 0.15) is 0 Å². The molecule has 1 aliphatic heterocycles. The van der Waals surface area contributed by atoms with Crippen LogP contribution in [0.1, 0.15) is 26.7 Å². The Morgan fingerprint density at radius 1 is 1.60 bits per heavy atom. The Hall–Kier alpha value is -0.180. The monoisotopic (exact) mass is 232 g/mol. The molecule has 2 unspecified atom stereocenters. The van der Waals surface area contributed by atoms with Gasteiger partial charge >= 0.3 is 0 Å². The van der Waals surface area contributed by atoms with Crippen LogP contribution in [-0.2, 0) is 9.63 Å². The van der Waals surface area contributed by atoms with Gasteiger partial charge in [0.05, 0.1) is 13.2 Å². The van der Waals surface area contributed by atoms with Gasteiger partial charge in [-0.25, -0.2) is 5.06 Å². The van der Waals surface area contributed by atoms with Crippen molar-refractivity contribution in [2.45, 2.75) is 32.7 Å². The summed E-state index contributed by atoms with van der Waals surface area (Å²) in [5.41, 5.74) is 0.238. The van der Waals surface area contributed by atoms with Crippen molar-refractivity contribution in [1.29, 1.82) is 0 Å². The van der Waals surface area contributed by atoms with Crippen LogP contribution in [0.2, 0.25) is 0 Å². The van der Waals surface area contributed by atoms with Crippen LogP contribution in [0.5, 0.6) is 0 Å². The molecule has 5 heteroatoms. The zero-order valence-corrected chi connectivity index (χ0v) is 11.1. The van der Waals surface area contributed by atoms with Crippen LogP contribution < -0.4 is 0 Å². The Bertz CT molecular complexity index is 246. The molecule has 1 saturated heterocycles. The summed E-state index contributed by atoms with van der Waals surface area (Å²) in [6.07, 6.45) is 2.00. The third kappa shape index (κ3) is 3.13. The number of hydrogen-bond acceptors (Lipinski definition) is 3. The van der Waals surface area contributed by atoms with Gasteiger partial charge in [0.25, 0.3) is 5.91 Å². The van der Waals surface area contributed by atoms with Crippen LogP contribution in [0, 0.1) is 5.41 Å². The fraction of sp³-hybridized carbons (Fsp3) is 0.900. The van der Waals surface area contributed by atoms with E-state index in [1.165, 1.54) is 12.2 Å². The highest BCUT2D eigenvalue weighted by Crippen LogP contribution is 2.35. The summed E-state index contributed by atoms with van der Waals surface area (Å²) in [6.45, 7) is 5.35. The van der Waals surface area contributed by atoms with Crippen LogP contribution in [0.15, 0.2) is 0 Å². The smallest absolute Gasteiger partial charge is 0.263 e. The average Bonchev–Trinajstić information content (AvgIpc) is 2.19. The number of likely N-dealkylation sites (N-methyl/N-ethyl adjacent to an activating group) is 1. The van der Waals surface area contributed by atoms with Crippen molar-refractivity contribution >= 4 is 15.3 Å². The normalized spacial score (nSPS) is 26.3. The van der Waals surface area contributed by atoms with E-state index in [-0.39, 0.29) is 17.4 Å². The van der Waals surface area contributed by atoms with E-state index in [9.17, 15) is 4.79 Å². The van der Waals surface area contributed by atoms with Gasteiger partial charge in [-0.1, -0.05) is 23.2 Å². The van der Waals surface area contributed by atoms with Gasteiger partial charge in [0, 0.05) is 13.6 Å². The molecule has 0 saturated carbocycles. The number of piperidine rings is 1. The second-order valence-corrected chi connectivity index (χ2v) is 5.55. The molecular weight excluding hydrogens is 211 g/mol. The van der Waals surface area contributed by atoms with E-state index < -0.39 is 0 Å². The quantitative estimate of drug-likeness (QED) is 0.531. The molecule has 4 nitrogen and oxygen atoms in total. The molecule has 0 N–H and O–H groups in total. The second-order valence-electron chi connectivity index (χ2n) is 4.89. The highest BCUT2D eigenvalue weighted by Gasteiger charge is 2.37. The maximum Gasteiger partial charge on any atom is 0.263 e. The Morgan fingerprint density at radius 3 is 2.73 bits per heavy atom. The molecule has 1 amide bonds. The molecule has 0 aromatic rings. The SMILES string of the molecule is CON(C)C(=O)C1CC(C)(C)CCN1P. The number of nitrogens with zero attached hydrogens (tertiary/aromatic N) is 2. The lowest BCUT2D eigenvalue weighted by atomic mass is 9.79. The first-order valence-electron chi connectivity index (χ1n) is 5.20. The molecule has 1 rings (SSSR count). The van der Waals surface area contributed by atoms with Crippen molar-refractivity contribution < 1.29 is 9.63 Å². The molecule has 0 spiro atoms. The van der Waals surface area contributed by atoms with E-state index in [2.05, 4.69) is 23.2 Å². The summed E-state index contributed by atoms with van der Waals surface area (Å²) in [7, 11) is 5.81. The Morgan fingerprint density at radius 2 is 2.20 bits per heavy atom. The molecule has 15 heavy (non-hydrogen) atoms. The molecule has 0 aromatic heterocycles. The minimum atomic E-state index is -0.0799. The van der Waals surface area contributed by atoms with Crippen molar-refractivity contribution in [3.8, 4) is 0 Å². The number of carbonyl (C=O) groups is 1. The fourth-order valence-electron chi connectivity index (χ4n) is 1.86. The second kappa shape index (κ2) is 4.77. The van der Waals surface area contributed by atoms with Crippen molar-refractivity contribution in [2.24, 2.45) is 5.41 Å². The lowest BCUT2D eigenvalue weighted by Crippen LogP contribution is -2.49. The average molecular weight is 232 g/mol. The summed E-state index contributed by atoms with van der Waals surface area (Å²) < 4.78 is 2.03. The van der Waals surface area contributed by atoms with Gasteiger partial charge in [0.2, 0.25) is 0 Å². The Kier molecular flexibility index (Phi) is 4.10. The van der Waals surface area contributed by atoms with Gasteiger partial charge in [-0.3, -0.25) is 14.3 Å². The summed E-state index contributed by atoms with van der Waals surface area (Å²) in [5.74, 6) is 0.0280. The van der Waals surface area contributed by atoms with E-state index in [1.54, 1.807) is 7.05 Å². The minimum Gasteiger partial charge on any atom is -0.275 e. The van der Waals surface area contributed by atoms with Gasteiger partial charge in [0.15, 0.2) is 0 Å². The van der Waals surface area contributed by atoms with Crippen LogP contribution in [-0.4, -0.2) is 42.4 Å². The zero-order chi connectivity index (χ0) is 11.6. The molecule has 0 bridgehead atoms. The molecule has 1 fully saturated rings. The van der Waals surface area contributed by atoms with Crippen molar-refractivity contribution in [1.82, 2.24) is 9.73 Å². The highest BCUT2D eigenvalue weighted by atomic mass is 31.0. The van der Waals surface area contributed by atoms with Crippen LogP contribution in [0.3, 0.4) is 0 Å². The van der Waals surface area contributed by atoms with Gasteiger partial charge in [-0.2, -0.15) is 0 Å². The summed E-state index contributed by atoms with van der Waals surface area (Å²) in [6, 6.07) is -0.0799. The number of carbonyl (C=O) groups excluding carboxylic acids is 1. The molecule has 88 valence electrons. The van der Waals surface area contributed by atoms with Crippen molar-refractivity contribution in [3.63, 3.8) is 0 Å². The standard InChI is InChI=1S/C10H21N2O2P/c1-10(2)5-6-12(15)8(7-10)9(13)11(3)14-4/h8H,5-7,15H2,1-4H3. The summed E-state index contributed by atoms with van der Waals surface area (Å²) in [4.78, 5) is 16.9. The zero-order valence-electron chi connectivity index (χ0n) is 9.99. The maximum atomic E-state index is 12.0. The molecular formula is C10H21N2O2P. The summed E-state index contributed by atoms with van der Waals surface area (Å²) >= 11 is 0. The fourth-order valence-corrected chi connectivity index (χ4v) is 2.22. The van der Waals surface area contributed by atoms with Crippen LogP contribution >= 0.6 is 9.39 Å². The van der Waals surface area contributed by atoms with Gasteiger partial charge in [-0.15, -0.1) is 0 Å². The lowest BCUT2D eigenvalue weighted by molar-refractivity contribution is -0.175. The predicted molar refractivity (Wildman–Crippen MR) is 63.0 cm³/mol. The largest absolute Gasteiger partial charge is 0.275 e. The first-order valence-corrected chi connectivity index (χ1v) is 5.72. The van der Waals surface area contributed by atoms with Crippen molar-refractivity contribution in [2.75, 3.05) is 20.7 Å². The van der Waals surface area contributed by atoms with Crippen LogP contribution in [0.25, 0.3) is 0 Å². The topological polar surface area (TPSA) is 32.8 Å². The molecule has 0 aromatic carbocycles. The highest BCUT2D eigenvalue weighted by molar-refractivity contribution is 7.13. The van der Waals surface area contributed by atoms with Gasteiger partial charge in [-0.05, 0) is 18.3 Å². The third-order valence-corrected chi connectivity index (χ3v) is 3.68. The lowest BCUT2D eigenvalue weighted by Gasteiger charge is -2.41. The molecule has 2 atom stereocenters. The minimum absolute atomic E-state index is 0.0280. The third-order valence-electron chi connectivity index (χ3n) is 3.06. The first kappa shape index (κ1) is 12.9. The molecule has 0 aliphatic carbocycles. The van der Waals surface area contributed by atoms with E-state index in [1.807, 2.05) is 4.67 Å². The summed E-state index contributed by atoms with van der Waals surface area (Å²) in [5, 5.41) is 1.31. The number of rotatable bonds is 2. The van der Waals surface area contributed by atoms with E-state index >= 15 is 0 Å². The van der Waals surface area contributed by atoms with E-state index in [0.29, 0.717) is 0 Å². The maximum absolute atomic E-state index is 12.0. The van der Waals surface area contributed by atoms with E-state index in [0.717, 1.165) is 19.4 Å². The van der Waals surface area contributed by atoms with Crippen molar-refractivity contribution in [3.05, 3.63) is 0 Å².